The third-order valence-electron chi connectivity index (χ3n) is 3.73. The SMILES string of the molecule is CC(C)(C)C(=O)NCCCC(=O)NC(CCC(=O)O)c1ccccc1. The van der Waals surface area contributed by atoms with Gasteiger partial charge in [-0.05, 0) is 18.4 Å². The lowest BCUT2D eigenvalue weighted by Gasteiger charge is -2.19. The molecule has 0 aliphatic rings. The summed E-state index contributed by atoms with van der Waals surface area (Å²) in [6.07, 6.45) is 1.14. The Morgan fingerprint density at radius 3 is 2.28 bits per heavy atom. The Balaban J connectivity index is 2.47. The second kappa shape index (κ2) is 9.81. The fourth-order valence-corrected chi connectivity index (χ4v) is 2.26. The van der Waals surface area contributed by atoms with Crippen molar-refractivity contribution in [2.24, 2.45) is 5.41 Å². The first-order chi connectivity index (χ1) is 11.7. The standard InChI is InChI=1S/C19H28N2O4/c1-19(2,3)18(25)20-13-7-10-16(22)21-15(11-12-17(23)24)14-8-5-4-6-9-14/h4-6,8-9,15H,7,10-13H2,1-3H3,(H,20,25)(H,21,22)(H,23,24). The van der Waals surface area contributed by atoms with E-state index in [1.807, 2.05) is 51.1 Å². The minimum absolute atomic E-state index is 0.0124. The molecular formula is C19H28N2O4. The van der Waals surface area contributed by atoms with Gasteiger partial charge >= 0.3 is 5.97 Å². The maximum atomic E-state index is 12.1. The van der Waals surface area contributed by atoms with Gasteiger partial charge in [0.15, 0.2) is 0 Å². The average Bonchev–Trinajstić information content (AvgIpc) is 2.55. The van der Waals surface area contributed by atoms with Crippen LogP contribution in [0.5, 0.6) is 0 Å². The number of carbonyl (C=O) groups is 3. The molecule has 0 radical (unpaired) electrons. The van der Waals surface area contributed by atoms with E-state index in [9.17, 15) is 14.4 Å². The molecule has 0 spiro atoms. The van der Waals surface area contributed by atoms with Gasteiger partial charge in [0, 0.05) is 24.8 Å². The summed E-state index contributed by atoms with van der Waals surface area (Å²) in [5.41, 5.74) is 0.440. The molecule has 0 aromatic heterocycles. The van der Waals surface area contributed by atoms with Gasteiger partial charge in [0.1, 0.15) is 0 Å². The molecule has 1 atom stereocenters. The van der Waals surface area contributed by atoms with E-state index in [-0.39, 0.29) is 30.7 Å². The van der Waals surface area contributed by atoms with Crippen LogP contribution in [-0.2, 0) is 14.4 Å². The summed E-state index contributed by atoms with van der Waals surface area (Å²) in [7, 11) is 0. The minimum Gasteiger partial charge on any atom is -0.481 e. The second-order valence-electron chi connectivity index (χ2n) is 7.07. The largest absolute Gasteiger partial charge is 0.481 e. The quantitative estimate of drug-likeness (QED) is 0.598. The number of aliphatic carboxylic acids is 1. The first-order valence-electron chi connectivity index (χ1n) is 8.54. The van der Waals surface area contributed by atoms with Crippen molar-refractivity contribution in [3.63, 3.8) is 0 Å². The number of nitrogens with one attached hydrogen (secondary N) is 2. The van der Waals surface area contributed by atoms with Gasteiger partial charge < -0.3 is 15.7 Å². The molecule has 0 saturated carbocycles. The lowest BCUT2D eigenvalue weighted by molar-refractivity contribution is -0.137. The summed E-state index contributed by atoms with van der Waals surface area (Å²) < 4.78 is 0. The lowest BCUT2D eigenvalue weighted by atomic mass is 9.96. The molecule has 0 heterocycles. The number of rotatable bonds is 9. The van der Waals surface area contributed by atoms with Crippen LogP contribution in [0.3, 0.4) is 0 Å². The Labute approximate surface area is 149 Å². The van der Waals surface area contributed by atoms with Crippen molar-refractivity contribution >= 4 is 17.8 Å². The normalized spacial score (nSPS) is 12.3. The maximum absolute atomic E-state index is 12.1. The fourth-order valence-electron chi connectivity index (χ4n) is 2.26. The van der Waals surface area contributed by atoms with E-state index in [0.717, 1.165) is 5.56 Å². The van der Waals surface area contributed by atoms with Crippen molar-refractivity contribution in [3.8, 4) is 0 Å². The molecule has 6 nitrogen and oxygen atoms in total. The molecule has 3 N–H and O–H groups in total. The summed E-state index contributed by atoms with van der Waals surface area (Å²) in [5.74, 6) is -1.08. The average molecular weight is 348 g/mol. The Morgan fingerprint density at radius 1 is 1.08 bits per heavy atom. The topological polar surface area (TPSA) is 95.5 Å². The molecule has 2 amide bonds. The highest BCUT2D eigenvalue weighted by molar-refractivity contribution is 5.81. The highest BCUT2D eigenvalue weighted by Crippen LogP contribution is 2.18. The van der Waals surface area contributed by atoms with Gasteiger partial charge in [-0.15, -0.1) is 0 Å². The van der Waals surface area contributed by atoms with Gasteiger partial charge in [-0.3, -0.25) is 14.4 Å². The predicted molar refractivity (Wildman–Crippen MR) is 95.9 cm³/mol. The number of carboxylic acid groups (broad SMARTS) is 1. The van der Waals surface area contributed by atoms with Gasteiger partial charge in [0.25, 0.3) is 0 Å². The molecular weight excluding hydrogens is 320 g/mol. The van der Waals surface area contributed by atoms with Gasteiger partial charge in [-0.1, -0.05) is 51.1 Å². The van der Waals surface area contributed by atoms with Crippen LogP contribution in [0.15, 0.2) is 30.3 Å². The van der Waals surface area contributed by atoms with E-state index < -0.39 is 11.4 Å². The van der Waals surface area contributed by atoms with Gasteiger partial charge in [0.05, 0.1) is 6.04 Å². The molecule has 1 rings (SSSR count). The zero-order valence-electron chi connectivity index (χ0n) is 15.2. The van der Waals surface area contributed by atoms with Crippen LogP contribution in [-0.4, -0.2) is 29.4 Å². The first kappa shape index (κ1) is 20.7. The summed E-state index contributed by atoms with van der Waals surface area (Å²) in [4.78, 5) is 34.7. The van der Waals surface area contributed by atoms with Crippen LogP contribution in [0, 0.1) is 5.41 Å². The molecule has 25 heavy (non-hydrogen) atoms. The molecule has 6 heteroatoms. The zero-order valence-corrected chi connectivity index (χ0v) is 15.2. The van der Waals surface area contributed by atoms with Crippen LogP contribution >= 0.6 is 0 Å². The summed E-state index contributed by atoms with van der Waals surface area (Å²) >= 11 is 0. The Bertz CT molecular complexity index is 579. The lowest BCUT2D eigenvalue weighted by Crippen LogP contribution is -2.36. The predicted octanol–water partition coefficient (Wildman–Crippen LogP) is 2.65. The number of hydrogen-bond donors (Lipinski definition) is 3. The Morgan fingerprint density at radius 2 is 1.72 bits per heavy atom. The molecule has 138 valence electrons. The van der Waals surface area contributed by atoms with Crippen molar-refractivity contribution in [3.05, 3.63) is 35.9 Å². The smallest absolute Gasteiger partial charge is 0.303 e. The van der Waals surface area contributed by atoms with Crippen LogP contribution in [0.2, 0.25) is 0 Å². The Kier molecular flexibility index (Phi) is 8.11. The fraction of sp³-hybridized carbons (Fsp3) is 0.526. The van der Waals surface area contributed by atoms with Crippen molar-refractivity contribution in [2.45, 2.75) is 52.5 Å². The van der Waals surface area contributed by atoms with Crippen molar-refractivity contribution in [2.75, 3.05) is 6.54 Å². The number of amides is 2. The van der Waals surface area contributed by atoms with Crippen LogP contribution in [0.4, 0.5) is 0 Å². The highest BCUT2D eigenvalue weighted by Gasteiger charge is 2.20. The van der Waals surface area contributed by atoms with Gasteiger partial charge in [-0.2, -0.15) is 0 Å². The van der Waals surface area contributed by atoms with Gasteiger partial charge in [-0.25, -0.2) is 0 Å². The van der Waals surface area contributed by atoms with Crippen LogP contribution in [0.1, 0.15) is 58.1 Å². The highest BCUT2D eigenvalue weighted by atomic mass is 16.4. The second-order valence-corrected chi connectivity index (χ2v) is 7.07. The third-order valence-corrected chi connectivity index (χ3v) is 3.73. The number of hydrogen-bond acceptors (Lipinski definition) is 3. The van der Waals surface area contributed by atoms with E-state index in [1.54, 1.807) is 0 Å². The number of carbonyl (C=O) groups excluding carboxylic acids is 2. The van der Waals surface area contributed by atoms with Crippen molar-refractivity contribution in [1.82, 2.24) is 10.6 Å². The maximum Gasteiger partial charge on any atom is 0.303 e. The molecule has 1 aromatic carbocycles. The third kappa shape index (κ3) is 8.33. The van der Waals surface area contributed by atoms with Gasteiger partial charge in [0.2, 0.25) is 11.8 Å². The molecule has 0 fully saturated rings. The molecule has 1 unspecified atom stereocenters. The summed E-state index contributed by atoms with van der Waals surface area (Å²) in [5, 5.41) is 14.6. The summed E-state index contributed by atoms with van der Waals surface area (Å²) in [6, 6.07) is 9.01. The van der Waals surface area contributed by atoms with Crippen LogP contribution < -0.4 is 10.6 Å². The minimum atomic E-state index is -0.889. The number of carboxylic acids is 1. The van der Waals surface area contributed by atoms with Crippen LogP contribution in [0.25, 0.3) is 0 Å². The van der Waals surface area contributed by atoms with E-state index in [1.165, 1.54) is 0 Å². The molecule has 0 aliphatic heterocycles. The first-order valence-corrected chi connectivity index (χ1v) is 8.54. The monoisotopic (exact) mass is 348 g/mol. The molecule has 1 aromatic rings. The van der Waals surface area contributed by atoms with E-state index in [4.69, 9.17) is 5.11 Å². The van der Waals surface area contributed by atoms with E-state index in [0.29, 0.717) is 19.4 Å². The Hall–Kier alpha value is -2.37. The van der Waals surface area contributed by atoms with E-state index in [2.05, 4.69) is 10.6 Å². The van der Waals surface area contributed by atoms with Crippen molar-refractivity contribution in [1.29, 1.82) is 0 Å². The van der Waals surface area contributed by atoms with E-state index >= 15 is 0 Å². The molecule has 0 bridgehead atoms. The molecule has 0 aliphatic carbocycles. The molecule has 0 saturated heterocycles. The summed E-state index contributed by atoms with van der Waals surface area (Å²) in [6.45, 7) is 5.94. The zero-order chi connectivity index (χ0) is 18.9. The number of benzene rings is 1. The van der Waals surface area contributed by atoms with Crippen molar-refractivity contribution < 1.29 is 19.5 Å².